The van der Waals surface area contributed by atoms with E-state index in [-0.39, 0.29) is 5.57 Å². The van der Waals surface area contributed by atoms with Crippen LogP contribution in [-0.4, -0.2) is 35.9 Å². The molecule has 0 aliphatic carbocycles. The molecule has 1 amide bonds. The quantitative estimate of drug-likeness (QED) is 0.151. The molecule has 1 aromatic heterocycles. The van der Waals surface area contributed by atoms with Crippen molar-refractivity contribution in [1.29, 1.82) is 5.26 Å². The maximum absolute atomic E-state index is 12.6. The minimum absolute atomic E-state index is 0.00373. The molecule has 192 valence electrons. The summed E-state index contributed by atoms with van der Waals surface area (Å²) >= 11 is 6.23. The van der Waals surface area contributed by atoms with Crippen LogP contribution in [0.5, 0.6) is 5.75 Å². The molecule has 8 heteroatoms. The molecule has 0 bridgehead atoms. The highest BCUT2D eigenvalue weighted by Crippen LogP contribution is 2.28. The summed E-state index contributed by atoms with van der Waals surface area (Å²) in [7, 11) is 1.60. The third-order valence-electron chi connectivity index (χ3n) is 5.72. The van der Waals surface area contributed by atoms with Crippen LogP contribution in [0.1, 0.15) is 17.5 Å². The number of ether oxygens (including phenoxy) is 2. The van der Waals surface area contributed by atoms with Crippen LogP contribution in [0.2, 0.25) is 5.02 Å². The Labute approximate surface area is 226 Å². The Morgan fingerprint density at radius 1 is 1.08 bits per heavy atom. The van der Waals surface area contributed by atoms with Gasteiger partial charge in [0.15, 0.2) is 0 Å². The van der Waals surface area contributed by atoms with E-state index in [1.807, 2.05) is 91.1 Å². The summed E-state index contributed by atoms with van der Waals surface area (Å²) in [6.07, 6.45) is 4.03. The van der Waals surface area contributed by atoms with Crippen molar-refractivity contribution in [3.8, 4) is 28.8 Å². The SMILES string of the molecule is COCCCNC(=O)C(C#N)=Cc1cn(-c2ccccc2)nc1-c1ccc(OCc2ccccc2Cl)cc1. The number of carbonyl (C=O) groups is 1. The van der Waals surface area contributed by atoms with E-state index in [9.17, 15) is 10.1 Å². The number of methoxy groups -OCH3 is 1. The Morgan fingerprint density at radius 3 is 2.53 bits per heavy atom. The van der Waals surface area contributed by atoms with Crippen LogP contribution >= 0.6 is 11.6 Å². The summed E-state index contributed by atoms with van der Waals surface area (Å²) in [5.74, 6) is 0.242. The first-order valence-electron chi connectivity index (χ1n) is 12.1. The number of aromatic nitrogens is 2. The molecule has 4 rings (SSSR count). The highest BCUT2D eigenvalue weighted by molar-refractivity contribution is 6.31. The van der Waals surface area contributed by atoms with E-state index in [4.69, 9.17) is 26.2 Å². The predicted molar refractivity (Wildman–Crippen MR) is 148 cm³/mol. The van der Waals surface area contributed by atoms with Crippen LogP contribution < -0.4 is 10.1 Å². The highest BCUT2D eigenvalue weighted by atomic mass is 35.5. The van der Waals surface area contributed by atoms with Crippen molar-refractivity contribution in [3.05, 3.63) is 107 Å². The molecule has 0 aliphatic rings. The number of carbonyl (C=O) groups excluding carboxylic acids is 1. The number of hydrogen-bond acceptors (Lipinski definition) is 5. The van der Waals surface area contributed by atoms with E-state index in [0.29, 0.717) is 48.2 Å². The van der Waals surface area contributed by atoms with Gasteiger partial charge in [-0.1, -0.05) is 48.0 Å². The van der Waals surface area contributed by atoms with Crippen LogP contribution in [0.4, 0.5) is 0 Å². The van der Waals surface area contributed by atoms with E-state index in [2.05, 4.69) is 5.32 Å². The predicted octanol–water partition coefficient (Wildman–Crippen LogP) is 5.83. The Hall–Kier alpha value is -4.38. The lowest BCUT2D eigenvalue weighted by Gasteiger charge is -2.08. The molecule has 0 radical (unpaired) electrons. The molecule has 3 aromatic carbocycles. The summed E-state index contributed by atoms with van der Waals surface area (Å²) in [5, 5.41) is 17.9. The largest absolute Gasteiger partial charge is 0.489 e. The molecule has 7 nitrogen and oxygen atoms in total. The van der Waals surface area contributed by atoms with Gasteiger partial charge in [0.05, 0.1) is 11.4 Å². The van der Waals surface area contributed by atoms with Gasteiger partial charge in [-0.05, 0) is 55.0 Å². The third-order valence-corrected chi connectivity index (χ3v) is 6.09. The minimum atomic E-state index is -0.440. The van der Waals surface area contributed by atoms with Crippen LogP contribution in [0.25, 0.3) is 23.0 Å². The smallest absolute Gasteiger partial charge is 0.261 e. The standard InChI is InChI=1S/C30H27ClN4O3/c1-37-17-7-16-33-30(36)24(19-32)18-25-20-35(26-9-3-2-4-10-26)34-29(25)22-12-14-27(15-13-22)38-21-23-8-5-6-11-28(23)31/h2-6,8-15,18,20H,7,16-17,21H2,1H3,(H,33,36). The van der Waals surface area contributed by atoms with E-state index in [1.54, 1.807) is 17.9 Å². The molecule has 0 saturated heterocycles. The molecule has 4 aromatic rings. The first-order valence-corrected chi connectivity index (χ1v) is 12.5. The van der Waals surface area contributed by atoms with Crippen molar-refractivity contribution < 1.29 is 14.3 Å². The van der Waals surface area contributed by atoms with E-state index in [1.165, 1.54) is 0 Å². The van der Waals surface area contributed by atoms with Crippen LogP contribution in [0.3, 0.4) is 0 Å². The Balaban J connectivity index is 1.60. The topological polar surface area (TPSA) is 89.2 Å². The average Bonchev–Trinajstić information content (AvgIpc) is 3.38. The first-order chi connectivity index (χ1) is 18.6. The number of rotatable bonds is 11. The monoisotopic (exact) mass is 526 g/mol. The second-order valence-electron chi connectivity index (χ2n) is 8.39. The second-order valence-corrected chi connectivity index (χ2v) is 8.80. The normalized spacial score (nSPS) is 11.1. The minimum Gasteiger partial charge on any atom is -0.489 e. The number of benzene rings is 3. The average molecular weight is 527 g/mol. The number of halogens is 1. The lowest BCUT2D eigenvalue weighted by atomic mass is 10.1. The van der Waals surface area contributed by atoms with Crippen LogP contribution in [-0.2, 0) is 16.1 Å². The van der Waals surface area contributed by atoms with Crippen molar-refractivity contribution in [2.45, 2.75) is 13.0 Å². The zero-order chi connectivity index (χ0) is 26.7. The van der Waals surface area contributed by atoms with Crippen molar-refractivity contribution in [1.82, 2.24) is 15.1 Å². The fraction of sp³-hybridized carbons (Fsp3) is 0.167. The number of amides is 1. The fourth-order valence-electron chi connectivity index (χ4n) is 3.73. The van der Waals surface area contributed by atoms with Crippen LogP contribution in [0, 0.1) is 11.3 Å². The van der Waals surface area contributed by atoms with Gasteiger partial charge in [-0.15, -0.1) is 0 Å². The van der Waals surface area contributed by atoms with Gasteiger partial charge in [0, 0.05) is 48.2 Å². The zero-order valence-electron chi connectivity index (χ0n) is 20.9. The second kappa shape index (κ2) is 13.2. The maximum atomic E-state index is 12.6. The number of para-hydroxylation sites is 1. The summed E-state index contributed by atoms with van der Waals surface area (Å²) < 4.78 is 12.7. The summed E-state index contributed by atoms with van der Waals surface area (Å²) in [5.41, 5.74) is 3.84. The molecule has 38 heavy (non-hydrogen) atoms. The first kappa shape index (κ1) is 26.7. The Kier molecular flexibility index (Phi) is 9.30. The van der Waals surface area contributed by atoms with Crippen molar-refractivity contribution in [2.24, 2.45) is 0 Å². The number of nitrogens with one attached hydrogen (secondary N) is 1. The summed E-state index contributed by atoms with van der Waals surface area (Å²) in [6, 6.07) is 26.7. The summed E-state index contributed by atoms with van der Waals surface area (Å²) in [6.45, 7) is 1.29. The zero-order valence-corrected chi connectivity index (χ0v) is 21.7. The summed E-state index contributed by atoms with van der Waals surface area (Å²) in [4.78, 5) is 12.6. The maximum Gasteiger partial charge on any atom is 0.261 e. The van der Waals surface area contributed by atoms with Gasteiger partial charge in [0.1, 0.15) is 24.0 Å². The fourth-order valence-corrected chi connectivity index (χ4v) is 3.92. The van der Waals surface area contributed by atoms with E-state index < -0.39 is 5.91 Å². The molecule has 0 fully saturated rings. The molecular weight excluding hydrogens is 500 g/mol. The van der Waals surface area contributed by atoms with Gasteiger partial charge in [0.2, 0.25) is 0 Å². The molecule has 0 saturated carbocycles. The van der Waals surface area contributed by atoms with Crippen molar-refractivity contribution >= 4 is 23.6 Å². The molecule has 0 spiro atoms. The van der Waals surface area contributed by atoms with Gasteiger partial charge in [-0.3, -0.25) is 4.79 Å². The van der Waals surface area contributed by atoms with E-state index in [0.717, 1.165) is 16.8 Å². The third kappa shape index (κ3) is 6.88. The van der Waals surface area contributed by atoms with Gasteiger partial charge < -0.3 is 14.8 Å². The van der Waals surface area contributed by atoms with Gasteiger partial charge in [-0.2, -0.15) is 10.4 Å². The molecular formula is C30H27ClN4O3. The van der Waals surface area contributed by atoms with Crippen molar-refractivity contribution in [3.63, 3.8) is 0 Å². The van der Waals surface area contributed by atoms with E-state index >= 15 is 0 Å². The van der Waals surface area contributed by atoms with Crippen LogP contribution in [0.15, 0.2) is 90.6 Å². The number of nitriles is 1. The Morgan fingerprint density at radius 2 is 1.82 bits per heavy atom. The molecule has 1 heterocycles. The number of hydrogen-bond donors (Lipinski definition) is 1. The van der Waals surface area contributed by atoms with Crippen molar-refractivity contribution in [2.75, 3.05) is 20.3 Å². The lowest BCUT2D eigenvalue weighted by Crippen LogP contribution is -2.26. The Bertz CT molecular complexity index is 1440. The van der Waals surface area contributed by atoms with Gasteiger partial charge >= 0.3 is 0 Å². The number of nitrogens with zero attached hydrogens (tertiary/aromatic N) is 3. The van der Waals surface area contributed by atoms with Gasteiger partial charge in [0.25, 0.3) is 5.91 Å². The lowest BCUT2D eigenvalue weighted by molar-refractivity contribution is -0.117. The highest BCUT2D eigenvalue weighted by Gasteiger charge is 2.15. The molecule has 1 N–H and O–H groups in total. The molecule has 0 atom stereocenters. The molecule has 0 unspecified atom stereocenters. The molecule has 0 aliphatic heterocycles. The van der Waals surface area contributed by atoms with Gasteiger partial charge in [-0.25, -0.2) is 4.68 Å².